The SMILES string of the molecule is CON(C)C(=O)c1ccc(O)cc1F. The summed E-state index contributed by atoms with van der Waals surface area (Å²) in [6.07, 6.45) is 0. The Balaban J connectivity index is 3.02. The van der Waals surface area contributed by atoms with E-state index in [1.807, 2.05) is 0 Å². The first-order valence-electron chi connectivity index (χ1n) is 3.87. The molecule has 0 atom stereocenters. The Hall–Kier alpha value is -1.62. The van der Waals surface area contributed by atoms with Gasteiger partial charge in [0, 0.05) is 13.1 Å². The lowest BCUT2D eigenvalue weighted by Gasteiger charge is -2.13. The molecule has 0 fully saturated rings. The highest BCUT2D eigenvalue weighted by atomic mass is 19.1. The summed E-state index contributed by atoms with van der Waals surface area (Å²) in [5, 5.41) is 9.82. The monoisotopic (exact) mass is 199 g/mol. The zero-order valence-corrected chi connectivity index (χ0v) is 7.82. The van der Waals surface area contributed by atoms with E-state index in [4.69, 9.17) is 5.11 Å². The van der Waals surface area contributed by atoms with Crippen molar-refractivity contribution in [2.75, 3.05) is 14.2 Å². The predicted molar refractivity (Wildman–Crippen MR) is 47.2 cm³/mol. The van der Waals surface area contributed by atoms with Crippen molar-refractivity contribution in [2.45, 2.75) is 0 Å². The van der Waals surface area contributed by atoms with Crippen molar-refractivity contribution in [2.24, 2.45) is 0 Å². The van der Waals surface area contributed by atoms with Crippen molar-refractivity contribution in [3.8, 4) is 5.75 Å². The average molecular weight is 199 g/mol. The van der Waals surface area contributed by atoms with Crippen LogP contribution in [-0.2, 0) is 4.84 Å². The van der Waals surface area contributed by atoms with Crippen molar-refractivity contribution < 1.29 is 19.1 Å². The van der Waals surface area contributed by atoms with Gasteiger partial charge in [0.2, 0.25) is 0 Å². The molecule has 1 N–H and O–H groups in total. The molecule has 0 saturated carbocycles. The number of carbonyl (C=O) groups is 1. The van der Waals surface area contributed by atoms with E-state index < -0.39 is 11.7 Å². The Morgan fingerprint density at radius 2 is 2.21 bits per heavy atom. The minimum atomic E-state index is -0.779. The molecular formula is C9H10FNO3. The molecule has 0 unspecified atom stereocenters. The standard InChI is InChI=1S/C9H10FNO3/c1-11(14-2)9(13)7-4-3-6(12)5-8(7)10/h3-5,12H,1-2H3. The van der Waals surface area contributed by atoms with E-state index in [2.05, 4.69) is 4.84 Å². The van der Waals surface area contributed by atoms with Gasteiger partial charge in [-0.15, -0.1) is 0 Å². The smallest absolute Gasteiger partial charge is 0.280 e. The fourth-order valence-corrected chi connectivity index (χ4v) is 0.930. The van der Waals surface area contributed by atoms with Crippen LogP contribution in [0.5, 0.6) is 5.75 Å². The van der Waals surface area contributed by atoms with E-state index in [1.165, 1.54) is 26.3 Å². The Morgan fingerprint density at radius 1 is 1.57 bits per heavy atom. The summed E-state index contributed by atoms with van der Waals surface area (Å²) < 4.78 is 13.1. The third-order valence-corrected chi connectivity index (χ3v) is 1.74. The molecule has 14 heavy (non-hydrogen) atoms. The van der Waals surface area contributed by atoms with E-state index in [0.29, 0.717) is 0 Å². The third-order valence-electron chi connectivity index (χ3n) is 1.74. The molecule has 4 nitrogen and oxygen atoms in total. The maximum absolute atomic E-state index is 13.1. The largest absolute Gasteiger partial charge is 0.508 e. The van der Waals surface area contributed by atoms with Crippen molar-refractivity contribution >= 4 is 5.91 Å². The van der Waals surface area contributed by atoms with Crippen LogP contribution in [-0.4, -0.2) is 30.2 Å². The molecule has 0 heterocycles. The number of phenolic OH excluding ortho intramolecular Hbond substituents is 1. The number of amides is 1. The number of hydrogen-bond acceptors (Lipinski definition) is 3. The number of rotatable bonds is 2. The first-order chi connectivity index (χ1) is 6.56. The van der Waals surface area contributed by atoms with Crippen LogP contribution in [0, 0.1) is 5.82 Å². The minimum Gasteiger partial charge on any atom is -0.508 e. The van der Waals surface area contributed by atoms with Gasteiger partial charge in [-0.2, -0.15) is 0 Å². The number of hydrogen-bond donors (Lipinski definition) is 1. The highest BCUT2D eigenvalue weighted by Crippen LogP contribution is 2.16. The van der Waals surface area contributed by atoms with Crippen LogP contribution in [0.1, 0.15) is 10.4 Å². The molecule has 1 aromatic rings. The van der Waals surface area contributed by atoms with Crippen LogP contribution in [0.3, 0.4) is 0 Å². The number of benzene rings is 1. The Morgan fingerprint density at radius 3 is 2.71 bits per heavy atom. The molecule has 0 aromatic heterocycles. The van der Waals surface area contributed by atoms with Crippen LogP contribution in [0.4, 0.5) is 4.39 Å². The average Bonchev–Trinajstić information content (AvgIpc) is 2.15. The van der Waals surface area contributed by atoms with E-state index in [1.54, 1.807) is 0 Å². The molecule has 0 bridgehead atoms. The maximum Gasteiger partial charge on any atom is 0.280 e. The molecule has 5 heteroatoms. The van der Waals surface area contributed by atoms with Gasteiger partial charge in [-0.05, 0) is 12.1 Å². The summed E-state index contributed by atoms with van der Waals surface area (Å²) >= 11 is 0. The lowest BCUT2D eigenvalue weighted by molar-refractivity contribution is -0.0759. The molecule has 1 amide bonds. The van der Waals surface area contributed by atoms with Gasteiger partial charge >= 0.3 is 0 Å². The normalized spacial score (nSPS) is 9.93. The first kappa shape index (κ1) is 10.5. The van der Waals surface area contributed by atoms with Gasteiger partial charge in [-0.3, -0.25) is 9.63 Å². The van der Waals surface area contributed by atoms with Crippen molar-refractivity contribution in [1.82, 2.24) is 5.06 Å². The molecule has 0 spiro atoms. The summed E-state index contributed by atoms with van der Waals surface area (Å²) in [4.78, 5) is 16.0. The van der Waals surface area contributed by atoms with E-state index >= 15 is 0 Å². The Kier molecular flexibility index (Phi) is 3.03. The Labute approximate surface area is 80.5 Å². The second-order valence-corrected chi connectivity index (χ2v) is 2.65. The molecule has 1 rings (SSSR count). The first-order valence-corrected chi connectivity index (χ1v) is 3.87. The summed E-state index contributed by atoms with van der Waals surface area (Å²) in [6.45, 7) is 0. The zero-order chi connectivity index (χ0) is 10.7. The summed E-state index contributed by atoms with van der Waals surface area (Å²) in [7, 11) is 2.67. The van der Waals surface area contributed by atoms with Gasteiger partial charge in [0.05, 0.1) is 12.7 Å². The minimum absolute atomic E-state index is 0.146. The van der Waals surface area contributed by atoms with Gasteiger partial charge in [0.15, 0.2) is 0 Å². The van der Waals surface area contributed by atoms with Crippen LogP contribution in [0.15, 0.2) is 18.2 Å². The predicted octanol–water partition coefficient (Wildman–Crippen LogP) is 1.16. The highest BCUT2D eigenvalue weighted by molar-refractivity contribution is 5.93. The lowest BCUT2D eigenvalue weighted by Crippen LogP contribution is -2.26. The number of carbonyl (C=O) groups excluding carboxylic acids is 1. The maximum atomic E-state index is 13.1. The van der Waals surface area contributed by atoms with Crippen LogP contribution < -0.4 is 0 Å². The quantitative estimate of drug-likeness (QED) is 0.727. The molecular weight excluding hydrogens is 189 g/mol. The number of phenols is 1. The molecule has 1 aromatic carbocycles. The number of hydroxylamine groups is 2. The van der Waals surface area contributed by atoms with Gasteiger partial charge in [0.1, 0.15) is 11.6 Å². The zero-order valence-electron chi connectivity index (χ0n) is 7.82. The lowest BCUT2D eigenvalue weighted by atomic mass is 10.2. The van der Waals surface area contributed by atoms with Gasteiger partial charge in [0.25, 0.3) is 5.91 Å². The molecule has 76 valence electrons. The van der Waals surface area contributed by atoms with Gasteiger partial charge < -0.3 is 5.11 Å². The van der Waals surface area contributed by atoms with Gasteiger partial charge in [-0.1, -0.05) is 0 Å². The molecule has 0 saturated heterocycles. The number of aromatic hydroxyl groups is 1. The summed E-state index contributed by atoms with van der Waals surface area (Å²) in [6, 6.07) is 3.30. The van der Waals surface area contributed by atoms with Crippen molar-refractivity contribution in [3.63, 3.8) is 0 Å². The van der Waals surface area contributed by atoms with E-state index in [-0.39, 0.29) is 11.3 Å². The molecule has 0 aliphatic heterocycles. The van der Waals surface area contributed by atoms with Crippen molar-refractivity contribution in [1.29, 1.82) is 0 Å². The summed E-state index contributed by atoms with van der Waals surface area (Å²) in [5.74, 6) is -1.61. The fourth-order valence-electron chi connectivity index (χ4n) is 0.930. The van der Waals surface area contributed by atoms with Gasteiger partial charge in [-0.25, -0.2) is 9.45 Å². The molecule has 0 aliphatic carbocycles. The second-order valence-electron chi connectivity index (χ2n) is 2.65. The molecule has 0 aliphatic rings. The fraction of sp³-hybridized carbons (Fsp3) is 0.222. The third kappa shape index (κ3) is 2.00. The van der Waals surface area contributed by atoms with Crippen LogP contribution in [0.2, 0.25) is 0 Å². The number of nitrogens with zero attached hydrogens (tertiary/aromatic N) is 1. The van der Waals surface area contributed by atoms with Crippen LogP contribution in [0.25, 0.3) is 0 Å². The van der Waals surface area contributed by atoms with Crippen LogP contribution >= 0.6 is 0 Å². The highest BCUT2D eigenvalue weighted by Gasteiger charge is 2.16. The topological polar surface area (TPSA) is 49.8 Å². The second kappa shape index (κ2) is 4.06. The number of halogens is 1. The Bertz CT molecular complexity index is 354. The van der Waals surface area contributed by atoms with E-state index in [0.717, 1.165) is 11.1 Å². The summed E-state index contributed by atoms with van der Waals surface area (Å²) in [5.41, 5.74) is -0.146. The van der Waals surface area contributed by atoms with E-state index in [9.17, 15) is 9.18 Å². The molecule has 0 radical (unpaired) electrons. The van der Waals surface area contributed by atoms with Crippen molar-refractivity contribution in [3.05, 3.63) is 29.6 Å².